The molecule has 1 heterocycles. The van der Waals surface area contributed by atoms with E-state index in [4.69, 9.17) is 0 Å². The molecule has 0 saturated carbocycles. The first kappa shape index (κ1) is 18.5. The van der Waals surface area contributed by atoms with Crippen LogP contribution in [0.4, 0.5) is 4.39 Å². The van der Waals surface area contributed by atoms with Crippen molar-refractivity contribution in [3.63, 3.8) is 0 Å². The van der Waals surface area contributed by atoms with E-state index in [2.05, 4.69) is 4.98 Å². The zero-order valence-corrected chi connectivity index (χ0v) is 14.7. The molecular formula is C18H23FN2O2S. The van der Waals surface area contributed by atoms with Gasteiger partial charge in [-0.25, -0.2) is 12.8 Å². The SMILES string of the molecule is CCCCS(=O)(=O)N(CCc1ccccc1F)Cc1cccnc1. The summed E-state index contributed by atoms with van der Waals surface area (Å²) in [5.74, 6) is -0.189. The zero-order chi connectivity index (χ0) is 17.4. The van der Waals surface area contributed by atoms with Crippen molar-refractivity contribution in [1.82, 2.24) is 9.29 Å². The van der Waals surface area contributed by atoms with Gasteiger partial charge in [0.05, 0.1) is 5.75 Å². The van der Waals surface area contributed by atoms with Crippen molar-refractivity contribution in [1.29, 1.82) is 0 Å². The second-order valence-corrected chi connectivity index (χ2v) is 7.79. The maximum Gasteiger partial charge on any atom is 0.214 e. The second-order valence-electron chi connectivity index (χ2n) is 5.71. The number of hydrogen-bond donors (Lipinski definition) is 0. The first-order chi connectivity index (χ1) is 11.5. The summed E-state index contributed by atoms with van der Waals surface area (Å²) in [4.78, 5) is 4.03. The number of hydrogen-bond acceptors (Lipinski definition) is 3. The minimum absolute atomic E-state index is 0.112. The average molecular weight is 350 g/mol. The van der Waals surface area contributed by atoms with Gasteiger partial charge in [0.1, 0.15) is 5.82 Å². The Bertz CT molecular complexity index is 736. The van der Waals surface area contributed by atoms with Crippen LogP contribution in [-0.4, -0.2) is 30.0 Å². The van der Waals surface area contributed by atoms with Gasteiger partial charge in [0.2, 0.25) is 10.0 Å². The van der Waals surface area contributed by atoms with Crippen LogP contribution in [0.1, 0.15) is 30.9 Å². The molecule has 1 aromatic carbocycles. The predicted molar refractivity (Wildman–Crippen MR) is 93.4 cm³/mol. The first-order valence-corrected chi connectivity index (χ1v) is 9.74. The summed E-state index contributed by atoms with van der Waals surface area (Å²) in [6, 6.07) is 10.1. The molecule has 0 spiro atoms. The minimum atomic E-state index is -3.38. The number of unbranched alkanes of at least 4 members (excludes halogenated alkanes) is 1. The molecule has 0 saturated heterocycles. The lowest BCUT2D eigenvalue weighted by molar-refractivity contribution is 0.405. The molecule has 0 fully saturated rings. The van der Waals surface area contributed by atoms with Crippen molar-refractivity contribution < 1.29 is 12.8 Å². The number of halogens is 1. The molecule has 0 amide bonds. The summed E-state index contributed by atoms with van der Waals surface area (Å²) in [5.41, 5.74) is 1.35. The molecule has 2 rings (SSSR count). The number of aromatic nitrogens is 1. The maximum atomic E-state index is 13.8. The monoisotopic (exact) mass is 350 g/mol. The van der Waals surface area contributed by atoms with E-state index < -0.39 is 10.0 Å². The van der Waals surface area contributed by atoms with Crippen molar-refractivity contribution in [2.24, 2.45) is 0 Å². The van der Waals surface area contributed by atoms with E-state index in [1.54, 1.807) is 36.7 Å². The molecule has 0 aliphatic carbocycles. The third kappa shape index (κ3) is 5.39. The summed E-state index contributed by atoms with van der Waals surface area (Å²) in [5, 5.41) is 0. The van der Waals surface area contributed by atoms with Gasteiger partial charge in [0, 0.05) is 25.5 Å². The van der Waals surface area contributed by atoms with Crippen LogP contribution in [-0.2, 0) is 23.0 Å². The van der Waals surface area contributed by atoms with Gasteiger partial charge in [0.25, 0.3) is 0 Å². The van der Waals surface area contributed by atoms with Crippen LogP contribution in [0.15, 0.2) is 48.8 Å². The molecule has 1 aromatic heterocycles. The fourth-order valence-corrected chi connectivity index (χ4v) is 4.04. The van der Waals surface area contributed by atoms with E-state index in [0.29, 0.717) is 18.4 Å². The van der Waals surface area contributed by atoms with Gasteiger partial charge in [-0.15, -0.1) is 0 Å². The lowest BCUT2D eigenvalue weighted by Crippen LogP contribution is -2.34. The van der Waals surface area contributed by atoms with Crippen molar-refractivity contribution in [2.45, 2.75) is 32.7 Å². The van der Waals surface area contributed by atoms with Gasteiger partial charge in [-0.2, -0.15) is 4.31 Å². The number of pyridine rings is 1. The molecule has 0 aliphatic heterocycles. The van der Waals surface area contributed by atoms with Gasteiger partial charge in [-0.05, 0) is 36.1 Å². The molecule has 0 aliphatic rings. The van der Waals surface area contributed by atoms with Crippen molar-refractivity contribution in [3.05, 3.63) is 65.7 Å². The van der Waals surface area contributed by atoms with Crippen LogP contribution in [0, 0.1) is 5.82 Å². The Morgan fingerprint density at radius 1 is 1.17 bits per heavy atom. The molecule has 0 bridgehead atoms. The zero-order valence-electron chi connectivity index (χ0n) is 13.9. The molecule has 6 heteroatoms. The Balaban J connectivity index is 2.14. The Hall–Kier alpha value is -1.79. The topological polar surface area (TPSA) is 50.3 Å². The summed E-state index contributed by atoms with van der Waals surface area (Å²) in [7, 11) is -3.38. The van der Waals surface area contributed by atoms with Gasteiger partial charge >= 0.3 is 0 Å². The lowest BCUT2D eigenvalue weighted by atomic mass is 10.1. The van der Waals surface area contributed by atoms with E-state index in [0.717, 1.165) is 12.0 Å². The highest BCUT2D eigenvalue weighted by Gasteiger charge is 2.22. The predicted octanol–water partition coefficient (Wildman–Crippen LogP) is 3.40. The van der Waals surface area contributed by atoms with Gasteiger partial charge in [0.15, 0.2) is 0 Å². The van der Waals surface area contributed by atoms with E-state index in [1.165, 1.54) is 10.4 Å². The standard InChI is InChI=1S/C18H23FN2O2S/c1-2-3-13-24(22,23)21(15-16-7-6-11-20-14-16)12-10-17-8-4-5-9-18(17)19/h4-9,11,14H,2-3,10,12-13,15H2,1H3. The molecule has 4 nitrogen and oxygen atoms in total. The Kier molecular flexibility index (Phi) is 6.87. The van der Waals surface area contributed by atoms with E-state index in [-0.39, 0.29) is 24.7 Å². The first-order valence-electron chi connectivity index (χ1n) is 8.13. The molecule has 130 valence electrons. The molecule has 2 aromatic rings. The number of sulfonamides is 1. The van der Waals surface area contributed by atoms with Crippen LogP contribution >= 0.6 is 0 Å². The molecule has 24 heavy (non-hydrogen) atoms. The van der Waals surface area contributed by atoms with Crippen molar-refractivity contribution >= 4 is 10.0 Å². The lowest BCUT2D eigenvalue weighted by Gasteiger charge is -2.22. The molecule has 0 unspecified atom stereocenters. The summed E-state index contributed by atoms with van der Waals surface area (Å²) >= 11 is 0. The summed E-state index contributed by atoms with van der Waals surface area (Å²) < 4.78 is 40.4. The fourth-order valence-electron chi connectivity index (χ4n) is 2.41. The number of benzene rings is 1. The Morgan fingerprint density at radius 3 is 2.62 bits per heavy atom. The largest absolute Gasteiger partial charge is 0.264 e. The van der Waals surface area contributed by atoms with Crippen molar-refractivity contribution in [2.75, 3.05) is 12.3 Å². The molecule has 0 N–H and O–H groups in total. The van der Waals surface area contributed by atoms with Crippen LogP contribution in [0.25, 0.3) is 0 Å². The number of nitrogens with zero attached hydrogens (tertiary/aromatic N) is 2. The van der Waals surface area contributed by atoms with E-state index >= 15 is 0 Å². The van der Waals surface area contributed by atoms with Crippen LogP contribution < -0.4 is 0 Å². The van der Waals surface area contributed by atoms with E-state index in [1.807, 2.05) is 13.0 Å². The summed E-state index contributed by atoms with van der Waals surface area (Å²) in [6.07, 6.45) is 5.08. The minimum Gasteiger partial charge on any atom is -0.264 e. The Labute approximate surface area is 143 Å². The van der Waals surface area contributed by atoms with Gasteiger partial charge in [-0.1, -0.05) is 37.6 Å². The third-order valence-corrected chi connectivity index (χ3v) is 5.72. The molecule has 0 radical (unpaired) electrons. The van der Waals surface area contributed by atoms with Gasteiger partial charge in [-0.3, -0.25) is 4.98 Å². The normalized spacial score (nSPS) is 11.8. The quantitative estimate of drug-likeness (QED) is 0.696. The highest BCUT2D eigenvalue weighted by molar-refractivity contribution is 7.89. The highest BCUT2D eigenvalue weighted by Crippen LogP contribution is 2.14. The van der Waals surface area contributed by atoms with E-state index in [9.17, 15) is 12.8 Å². The smallest absolute Gasteiger partial charge is 0.214 e. The van der Waals surface area contributed by atoms with Crippen LogP contribution in [0.2, 0.25) is 0 Å². The van der Waals surface area contributed by atoms with Crippen molar-refractivity contribution in [3.8, 4) is 0 Å². The summed E-state index contributed by atoms with van der Waals surface area (Å²) in [6.45, 7) is 2.47. The number of rotatable bonds is 9. The highest BCUT2D eigenvalue weighted by atomic mass is 32.2. The van der Waals surface area contributed by atoms with Gasteiger partial charge < -0.3 is 0 Å². The average Bonchev–Trinajstić information content (AvgIpc) is 2.59. The molecular weight excluding hydrogens is 327 g/mol. The fraction of sp³-hybridized carbons (Fsp3) is 0.389. The maximum absolute atomic E-state index is 13.8. The third-order valence-electron chi connectivity index (χ3n) is 3.82. The molecule has 0 atom stereocenters. The Morgan fingerprint density at radius 2 is 1.96 bits per heavy atom. The second kappa shape index (κ2) is 8.89. The van der Waals surface area contributed by atoms with Crippen LogP contribution in [0.3, 0.4) is 0 Å². The van der Waals surface area contributed by atoms with Crippen LogP contribution in [0.5, 0.6) is 0 Å².